The van der Waals surface area contributed by atoms with E-state index in [9.17, 15) is 0 Å². The summed E-state index contributed by atoms with van der Waals surface area (Å²) in [5.74, 6) is 1.21. The van der Waals surface area contributed by atoms with Gasteiger partial charge in [0, 0.05) is 18.0 Å². The Kier molecular flexibility index (Phi) is 3.52. The fourth-order valence-corrected chi connectivity index (χ4v) is 3.42. The fourth-order valence-electron chi connectivity index (χ4n) is 2.53. The Morgan fingerprint density at radius 3 is 2.95 bits per heavy atom. The topological polar surface area (TPSA) is 67.1 Å². The van der Waals surface area contributed by atoms with Crippen LogP contribution in [0, 0.1) is 6.92 Å². The third-order valence-corrected chi connectivity index (χ3v) is 4.40. The van der Waals surface area contributed by atoms with Crippen LogP contribution in [0.15, 0.2) is 6.07 Å². The lowest BCUT2D eigenvalue weighted by Gasteiger charge is -2.15. The normalized spacial score (nSPS) is 16.3. The van der Waals surface area contributed by atoms with Crippen LogP contribution in [0.25, 0.3) is 10.2 Å². The van der Waals surface area contributed by atoms with Gasteiger partial charge in [-0.25, -0.2) is 4.98 Å². The van der Waals surface area contributed by atoms with Crippen LogP contribution in [-0.4, -0.2) is 41.0 Å². The summed E-state index contributed by atoms with van der Waals surface area (Å²) in [6.07, 6.45) is 2.66. The number of rotatable bonds is 4. The number of anilines is 2. The van der Waals surface area contributed by atoms with Gasteiger partial charge < -0.3 is 16.0 Å². The van der Waals surface area contributed by atoms with Gasteiger partial charge in [0.2, 0.25) is 5.95 Å². The van der Waals surface area contributed by atoms with Crippen LogP contribution in [0.3, 0.4) is 0 Å². The van der Waals surface area contributed by atoms with Crippen LogP contribution in [0.5, 0.6) is 0 Å². The number of nitrogens with zero attached hydrogens (tertiary/aromatic N) is 3. The lowest BCUT2D eigenvalue weighted by Crippen LogP contribution is -2.26. The summed E-state index contributed by atoms with van der Waals surface area (Å²) in [5, 5.41) is 4.48. The third-order valence-electron chi connectivity index (χ3n) is 3.45. The maximum Gasteiger partial charge on any atom is 0.223 e. The van der Waals surface area contributed by atoms with E-state index in [2.05, 4.69) is 33.2 Å². The van der Waals surface area contributed by atoms with Gasteiger partial charge in [0.05, 0.1) is 5.39 Å². The minimum absolute atomic E-state index is 0.345. The molecule has 5 nitrogen and oxygen atoms in total. The van der Waals surface area contributed by atoms with E-state index < -0.39 is 0 Å². The molecule has 0 bridgehead atoms. The zero-order valence-electron chi connectivity index (χ0n) is 11.1. The number of hydrogen-bond donors (Lipinski definition) is 2. The van der Waals surface area contributed by atoms with E-state index in [4.69, 9.17) is 5.73 Å². The first-order chi connectivity index (χ1) is 9.22. The molecule has 1 aliphatic heterocycles. The highest BCUT2D eigenvalue weighted by Crippen LogP contribution is 2.28. The lowest BCUT2D eigenvalue weighted by molar-refractivity contribution is 0.352. The Bertz CT molecular complexity index is 574. The second-order valence-electron chi connectivity index (χ2n) is 4.98. The zero-order valence-corrected chi connectivity index (χ0v) is 12.0. The van der Waals surface area contributed by atoms with Gasteiger partial charge >= 0.3 is 0 Å². The maximum absolute atomic E-state index is 5.76. The Labute approximate surface area is 116 Å². The number of thiophene rings is 1. The van der Waals surface area contributed by atoms with Crippen molar-refractivity contribution in [2.75, 3.05) is 37.2 Å². The van der Waals surface area contributed by atoms with Gasteiger partial charge in [0.1, 0.15) is 10.6 Å². The first-order valence-corrected chi connectivity index (χ1v) is 7.54. The van der Waals surface area contributed by atoms with E-state index in [0.29, 0.717) is 5.95 Å². The summed E-state index contributed by atoms with van der Waals surface area (Å²) in [4.78, 5) is 13.3. The SMILES string of the molecule is Cc1cc2c(NCCN3CCCC3)nc(N)nc2s1. The average Bonchev–Trinajstić information content (AvgIpc) is 2.97. The van der Waals surface area contributed by atoms with Crippen molar-refractivity contribution in [2.24, 2.45) is 0 Å². The molecular formula is C13H19N5S. The number of nitrogens with two attached hydrogens (primary N) is 1. The molecule has 0 atom stereocenters. The lowest BCUT2D eigenvalue weighted by atomic mass is 10.3. The van der Waals surface area contributed by atoms with Crippen LogP contribution >= 0.6 is 11.3 Å². The molecule has 1 aliphatic rings. The van der Waals surface area contributed by atoms with Crippen LogP contribution in [0.4, 0.5) is 11.8 Å². The van der Waals surface area contributed by atoms with Gasteiger partial charge in [-0.15, -0.1) is 11.3 Å². The predicted octanol–water partition coefficient (Wildman–Crippen LogP) is 2.09. The Hall–Kier alpha value is -1.40. The summed E-state index contributed by atoms with van der Waals surface area (Å²) in [6, 6.07) is 2.12. The van der Waals surface area contributed by atoms with Gasteiger partial charge in [-0.3, -0.25) is 0 Å². The molecule has 1 fully saturated rings. The van der Waals surface area contributed by atoms with Crippen molar-refractivity contribution in [1.29, 1.82) is 0 Å². The number of aryl methyl sites for hydroxylation is 1. The van der Waals surface area contributed by atoms with Crippen LogP contribution in [0.2, 0.25) is 0 Å². The monoisotopic (exact) mass is 277 g/mol. The largest absolute Gasteiger partial charge is 0.368 e. The van der Waals surface area contributed by atoms with E-state index in [1.807, 2.05) is 0 Å². The molecule has 3 heterocycles. The van der Waals surface area contributed by atoms with Crippen molar-refractivity contribution in [3.8, 4) is 0 Å². The van der Waals surface area contributed by atoms with Crippen LogP contribution < -0.4 is 11.1 Å². The maximum atomic E-state index is 5.76. The summed E-state index contributed by atoms with van der Waals surface area (Å²) < 4.78 is 0. The summed E-state index contributed by atoms with van der Waals surface area (Å²) >= 11 is 1.66. The van der Waals surface area contributed by atoms with Gasteiger partial charge in [-0.05, 0) is 38.9 Å². The highest BCUT2D eigenvalue weighted by atomic mass is 32.1. The summed E-state index contributed by atoms with van der Waals surface area (Å²) in [7, 11) is 0. The molecule has 6 heteroatoms. The minimum Gasteiger partial charge on any atom is -0.368 e. The smallest absolute Gasteiger partial charge is 0.223 e. The van der Waals surface area contributed by atoms with E-state index >= 15 is 0 Å². The third kappa shape index (κ3) is 2.79. The fraction of sp³-hybridized carbons (Fsp3) is 0.538. The number of aromatic nitrogens is 2. The summed E-state index contributed by atoms with van der Waals surface area (Å²) in [6.45, 7) is 6.49. The Morgan fingerprint density at radius 2 is 2.16 bits per heavy atom. The molecule has 0 aliphatic carbocycles. The highest BCUT2D eigenvalue weighted by molar-refractivity contribution is 7.18. The standard InChI is InChI=1S/C13H19N5S/c1-9-8-10-11(16-13(14)17-12(10)19-9)15-4-7-18-5-2-3-6-18/h8H,2-7H2,1H3,(H3,14,15,16,17). The summed E-state index contributed by atoms with van der Waals surface area (Å²) in [5.41, 5.74) is 5.76. The molecule has 0 aromatic carbocycles. The van der Waals surface area contributed by atoms with E-state index in [-0.39, 0.29) is 0 Å². The number of fused-ring (bicyclic) bond motifs is 1. The number of hydrogen-bond acceptors (Lipinski definition) is 6. The molecule has 0 radical (unpaired) electrons. The second kappa shape index (κ2) is 5.30. The van der Waals surface area contributed by atoms with E-state index in [1.54, 1.807) is 11.3 Å². The molecule has 2 aromatic heterocycles. The first kappa shape index (κ1) is 12.6. The van der Waals surface area contributed by atoms with E-state index in [1.165, 1.54) is 30.8 Å². The molecular weight excluding hydrogens is 258 g/mol. The van der Waals surface area contributed by atoms with Gasteiger partial charge in [0.15, 0.2) is 0 Å². The van der Waals surface area contributed by atoms with Crippen molar-refractivity contribution in [3.05, 3.63) is 10.9 Å². The van der Waals surface area contributed by atoms with E-state index in [0.717, 1.165) is 29.1 Å². The quantitative estimate of drug-likeness (QED) is 0.895. The van der Waals surface area contributed by atoms with Crippen LogP contribution in [-0.2, 0) is 0 Å². The average molecular weight is 277 g/mol. The predicted molar refractivity (Wildman–Crippen MR) is 80.7 cm³/mol. The molecule has 1 saturated heterocycles. The molecule has 0 spiro atoms. The zero-order chi connectivity index (χ0) is 13.2. The molecule has 3 N–H and O–H groups in total. The molecule has 2 aromatic rings. The molecule has 0 saturated carbocycles. The number of nitrogen functional groups attached to an aromatic ring is 1. The first-order valence-electron chi connectivity index (χ1n) is 6.72. The Morgan fingerprint density at radius 1 is 1.37 bits per heavy atom. The number of nitrogens with one attached hydrogen (secondary N) is 1. The van der Waals surface area contributed by atoms with Crippen molar-refractivity contribution < 1.29 is 0 Å². The van der Waals surface area contributed by atoms with Gasteiger partial charge in [-0.2, -0.15) is 4.98 Å². The van der Waals surface area contributed by atoms with Gasteiger partial charge in [-0.1, -0.05) is 0 Å². The molecule has 19 heavy (non-hydrogen) atoms. The number of likely N-dealkylation sites (tertiary alicyclic amines) is 1. The molecule has 0 amide bonds. The highest BCUT2D eigenvalue weighted by Gasteiger charge is 2.12. The molecule has 102 valence electrons. The van der Waals surface area contributed by atoms with Crippen LogP contribution in [0.1, 0.15) is 17.7 Å². The Balaban J connectivity index is 1.72. The molecule has 0 unspecified atom stereocenters. The second-order valence-corrected chi connectivity index (χ2v) is 6.22. The van der Waals surface area contributed by atoms with Crippen molar-refractivity contribution >= 4 is 33.3 Å². The van der Waals surface area contributed by atoms with Gasteiger partial charge in [0.25, 0.3) is 0 Å². The molecule has 3 rings (SSSR count). The van der Waals surface area contributed by atoms with Crippen molar-refractivity contribution in [2.45, 2.75) is 19.8 Å². The van der Waals surface area contributed by atoms with Crippen molar-refractivity contribution in [1.82, 2.24) is 14.9 Å². The van der Waals surface area contributed by atoms with Crippen molar-refractivity contribution in [3.63, 3.8) is 0 Å². The minimum atomic E-state index is 0.345.